The van der Waals surface area contributed by atoms with Crippen LogP contribution < -0.4 is 11.1 Å². The van der Waals surface area contributed by atoms with Gasteiger partial charge in [0.25, 0.3) is 0 Å². The maximum atomic E-state index is 6.48. The first kappa shape index (κ1) is 49.5. The third-order valence-corrected chi connectivity index (χ3v) is 20.0. The van der Waals surface area contributed by atoms with E-state index in [4.69, 9.17) is 5.73 Å². The highest BCUT2D eigenvalue weighted by atomic mass is 79.9. The molecular formula is C80H59BrN2. The predicted molar refractivity (Wildman–Crippen MR) is 349 cm³/mol. The molecule has 0 atom stereocenters. The van der Waals surface area contributed by atoms with E-state index in [1.807, 2.05) is 6.07 Å². The Kier molecular flexibility index (Phi) is 10.8. The molecule has 3 N–H and O–H groups in total. The number of nitrogens with two attached hydrogens (primary N) is 1. The lowest BCUT2D eigenvalue weighted by atomic mass is 9.70. The Bertz CT molecular complexity index is 4620. The van der Waals surface area contributed by atoms with E-state index in [1.54, 1.807) is 0 Å². The number of rotatable bonds is 2. The standard InChI is InChI=1S/C40H29N.C25H17N.C15H13Br/c1-39(2)31-16-7-3-12-26(31)29-23-22-25(24-36(29)39)41-37-21-11-20-35-38(37)30-15-6-10-19-34(30)40(35)32-17-8-4-13-27(32)28-14-5-9-18-33(28)40;26-23-15-7-14-22-24(23)18-10-3-6-13-21(18)25(22)19-11-4-1-8-16(19)17-9-2-5-12-20(17)25;1-15(2)13-6-4-3-5-11(13)12-8-7-10(16)9-14(12)15/h3-24,41H,1-2H3;1-15H,26H2;3-9H,1-2H3. The van der Waals surface area contributed by atoms with Crippen molar-refractivity contribution in [1.29, 1.82) is 0 Å². The van der Waals surface area contributed by atoms with Crippen molar-refractivity contribution in [2.24, 2.45) is 0 Å². The molecule has 2 nitrogen and oxygen atoms in total. The molecular weight excluding hydrogens is 1070 g/mol. The lowest BCUT2D eigenvalue weighted by Gasteiger charge is -2.30. The molecule has 2 spiro atoms. The zero-order valence-electron chi connectivity index (χ0n) is 46.9. The molecule has 0 aromatic heterocycles. The molecule has 6 aliphatic carbocycles. The van der Waals surface area contributed by atoms with Crippen molar-refractivity contribution < 1.29 is 0 Å². The second-order valence-electron chi connectivity index (χ2n) is 24.2. The first-order valence-electron chi connectivity index (χ1n) is 29.1. The Hall–Kier alpha value is -9.28. The van der Waals surface area contributed by atoms with Gasteiger partial charge in [0, 0.05) is 43.5 Å². The molecule has 83 heavy (non-hydrogen) atoms. The van der Waals surface area contributed by atoms with Crippen molar-refractivity contribution in [3.05, 3.63) is 338 Å². The average molecular weight is 1130 g/mol. The van der Waals surface area contributed by atoms with Crippen molar-refractivity contribution in [3.63, 3.8) is 0 Å². The lowest BCUT2D eigenvalue weighted by molar-refractivity contribution is 0.660. The number of halogens is 1. The van der Waals surface area contributed by atoms with Crippen LogP contribution in [0.1, 0.15) is 94.5 Å². The van der Waals surface area contributed by atoms with Gasteiger partial charge in [-0.1, -0.05) is 274 Å². The van der Waals surface area contributed by atoms with Crippen LogP contribution in [0.3, 0.4) is 0 Å². The van der Waals surface area contributed by atoms with Gasteiger partial charge in [-0.2, -0.15) is 0 Å². The summed E-state index contributed by atoms with van der Waals surface area (Å²) >= 11 is 3.56. The zero-order valence-corrected chi connectivity index (χ0v) is 48.4. The smallest absolute Gasteiger partial charge is 0.0726 e. The highest BCUT2D eigenvalue weighted by Crippen LogP contribution is 2.66. The average Bonchev–Trinajstić information content (AvgIpc) is 1.67. The predicted octanol–water partition coefficient (Wildman–Crippen LogP) is 20.4. The second kappa shape index (κ2) is 18.1. The van der Waals surface area contributed by atoms with E-state index in [0.29, 0.717) is 0 Å². The molecule has 0 radical (unpaired) electrons. The van der Waals surface area contributed by atoms with Crippen molar-refractivity contribution in [2.75, 3.05) is 11.1 Å². The molecule has 0 fully saturated rings. The number of hydrogen-bond acceptors (Lipinski definition) is 2. The summed E-state index contributed by atoms with van der Waals surface area (Å²) in [5.74, 6) is 0. The highest BCUT2D eigenvalue weighted by Gasteiger charge is 2.53. The number of fused-ring (bicyclic) bond motifs is 26. The molecule has 18 rings (SSSR count). The minimum atomic E-state index is -0.321. The Morgan fingerprint density at radius 2 is 0.590 bits per heavy atom. The topological polar surface area (TPSA) is 38.0 Å². The fourth-order valence-electron chi connectivity index (χ4n) is 16.0. The van der Waals surface area contributed by atoms with Crippen LogP contribution in [-0.4, -0.2) is 0 Å². The van der Waals surface area contributed by atoms with Gasteiger partial charge in [0.1, 0.15) is 0 Å². The van der Waals surface area contributed by atoms with Crippen LogP contribution in [0.4, 0.5) is 17.1 Å². The summed E-state index contributed by atoms with van der Waals surface area (Å²) in [5, 5.41) is 3.89. The van der Waals surface area contributed by atoms with Crippen LogP contribution in [-0.2, 0) is 21.7 Å². The maximum Gasteiger partial charge on any atom is 0.0726 e. The van der Waals surface area contributed by atoms with E-state index in [0.717, 1.165) is 21.5 Å². The van der Waals surface area contributed by atoms with Crippen LogP contribution in [0.15, 0.2) is 271 Å². The first-order chi connectivity index (χ1) is 40.5. The van der Waals surface area contributed by atoms with Crippen LogP contribution in [0.2, 0.25) is 0 Å². The minimum absolute atomic E-state index is 0.0316. The molecule has 0 saturated carbocycles. The lowest BCUT2D eigenvalue weighted by Crippen LogP contribution is -2.25. The second-order valence-corrected chi connectivity index (χ2v) is 25.1. The largest absolute Gasteiger partial charge is 0.398 e. The molecule has 396 valence electrons. The van der Waals surface area contributed by atoms with Crippen LogP contribution in [0, 0.1) is 0 Å². The van der Waals surface area contributed by atoms with E-state index in [1.165, 1.54) is 134 Å². The number of benzene rings is 12. The van der Waals surface area contributed by atoms with Crippen LogP contribution in [0.25, 0.3) is 66.8 Å². The van der Waals surface area contributed by atoms with Gasteiger partial charge in [-0.25, -0.2) is 0 Å². The third kappa shape index (κ3) is 6.72. The summed E-state index contributed by atoms with van der Waals surface area (Å²) in [6, 6.07) is 97.6. The Labute approximate surface area is 495 Å². The van der Waals surface area contributed by atoms with E-state index in [-0.39, 0.29) is 21.7 Å². The molecule has 3 heteroatoms. The number of hydrogen-bond donors (Lipinski definition) is 2. The zero-order chi connectivity index (χ0) is 56.0. The summed E-state index contributed by atoms with van der Waals surface area (Å²) in [6.45, 7) is 9.28. The molecule has 0 bridgehead atoms. The summed E-state index contributed by atoms with van der Waals surface area (Å²) in [7, 11) is 0. The molecule has 0 amide bonds. The van der Waals surface area contributed by atoms with Crippen molar-refractivity contribution in [3.8, 4) is 66.8 Å². The number of nitrogen functional groups attached to an aromatic ring is 1. The van der Waals surface area contributed by atoms with Gasteiger partial charge in [0.15, 0.2) is 0 Å². The van der Waals surface area contributed by atoms with Gasteiger partial charge in [0.2, 0.25) is 0 Å². The van der Waals surface area contributed by atoms with Gasteiger partial charge >= 0.3 is 0 Å². The van der Waals surface area contributed by atoms with Gasteiger partial charge in [-0.05, 0) is 159 Å². The van der Waals surface area contributed by atoms with E-state index < -0.39 is 0 Å². The van der Waals surface area contributed by atoms with Gasteiger partial charge in [0.05, 0.1) is 10.8 Å². The Morgan fingerprint density at radius 3 is 1.05 bits per heavy atom. The van der Waals surface area contributed by atoms with Gasteiger partial charge in [-0.15, -0.1) is 0 Å². The van der Waals surface area contributed by atoms with E-state index in [9.17, 15) is 0 Å². The maximum absolute atomic E-state index is 6.48. The third-order valence-electron chi connectivity index (χ3n) is 19.5. The van der Waals surface area contributed by atoms with Gasteiger partial charge < -0.3 is 11.1 Å². The molecule has 12 aromatic carbocycles. The molecule has 0 unspecified atom stereocenters. The van der Waals surface area contributed by atoms with Crippen molar-refractivity contribution in [1.82, 2.24) is 0 Å². The fraction of sp³-hybridized carbons (Fsp3) is 0.100. The van der Waals surface area contributed by atoms with Gasteiger partial charge in [-0.3, -0.25) is 0 Å². The highest BCUT2D eigenvalue weighted by molar-refractivity contribution is 9.10. The molecule has 6 aliphatic rings. The summed E-state index contributed by atoms with van der Waals surface area (Å²) < 4.78 is 1.16. The Morgan fingerprint density at radius 1 is 0.277 bits per heavy atom. The molecule has 12 aromatic rings. The van der Waals surface area contributed by atoms with Crippen molar-refractivity contribution >= 4 is 33.0 Å². The fourth-order valence-corrected chi connectivity index (χ4v) is 16.4. The first-order valence-corrected chi connectivity index (χ1v) is 29.9. The van der Waals surface area contributed by atoms with E-state index >= 15 is 0 Å². The van der Waals surface area contributed by atoms with E-state index in [2.05, 4.69) is 310 Å². The quantitative estimate of drug-likeness (QED) is 0.169. The summed E-state index contributed by atoms with van der Waals surface area (Å²) in [4.78, 5) is 0. The normalized spacial score (nSPS) is 15.2. The molecule has 0 aliphatic heterocycles. The Balaban J connectivity index is 0.000000114. The summed E-state index contributed by atoms with van der Waals surface area (Å²) in [6.07, 6.45) is 0. The minimum Gasteiger partial charge on any atom is -0.398 e. The van der Waals surface area contributed by atoms with Crippen LogP contribution in [0.5, 0.6) is 0 Å². The number of nitrogens with one attached hydrogen (secondary N) is 1. The SMILES string of the molecule is CC1(C)c2ccccc2-c2ccc(Br)cc21.CC1(C)c2ccccc2-c2ccc(Nc3cccc4c3-c3ccccc3C43c4ccccc4-c4ccccc43)cc21.Nc1cccc2c1-c1ccccc1C21c2ccccc2-c2ccccc21. The molecule has 0 heterocycles. The monoisotopic (exact) mass is 1130 g/mol. The molecule has 0 saturated heterocycles. The number of anilines is 3. The van der Waals surface area contributed by atoms with Crippen molar-refractivity contribution in [2.45, 2.75) is 49.4 Å². The van der Waals surface area contributed by atoms with Crippen LogP contribution >= 0.6 is 15.9 Å². The summed E-state index contributed by atoms with van der Waals surface area (Å²) in [5.41, 5.74) is 41.4.